The zero-order chi connectivity index (χ0) is 12.5. The number of pyridine rings is 1. The Morgan fingerprint density at radius 2 is 2.00 bits per heavy atom. The predicted octanol–water partition coefficient (Wildman–Crippen LogP) is 4.03. The Hall–Kier alpha value is -1.31. The molecule has 0 saturated heterocycles. The van der Waals surface area contributed by atoms with Gasteiger partial charge in [-0.25, -0.2) is 4.98 Å². The lowest BCUT2D eigenvalue weighted by Gasteiger charge is -2.18. The molecule has 2 rings (SSSR count). The SMILES string of the molecule is CCCn1ccc2c(CC(C)(C)C)ccnc21. The van der Waals surface area contributed by atoms with E-state index in [2.05, 4.69) is 55.6 Å². The molecule has 0 N–H and O–H groups in total. The molecule has 0 aliphatic rings. The molecular formula is C15H22N2. The lowest BCUT2D eigenvalue weighted by Crippen LogP contribution is -2.09. The van der Waals surface area contributed by atoms with E-state index in [1.54, 1.807) is 0 Å². The van der Waals surface area contributed by atoms with Crippen molar-refractivity contribution in [2.75, 3.05) is 0 Å². The molecule has 0 aromatic carbocycles. The van der Waals surface area contributed by atoms with Crippen molar-refractivity contribution in [3.05, 3.63) is 30.1 Å². The predicted molar refractivity (Wildman–Crippen MR) is 73.2 cm³/mol. The quantitative estimate of drug-likeness (QED) is 0.778. The van der Waals surface area contributed by atoms with E-state index in [-0.39, 0.29) is 0 Å². The van der Waals surface area contributed by atoms with Gasteiger partial charge in [0.05, 0.1) is 0 Å². The summed E-state index contributed by atoms with van der Waals surface area (Å²) < 4.78 is 2.25. The van der Waals surface area contributed by atoms with Gasteiger partial charge in [0.25, 0.3) is 0 Å². The van der Waals surface area contributed by atoms with Crippen molar-refractivity contribution in [2.45, 2.75) is 47.1 Å². The molecule has 0 unspecified atom stereocenters. The van der Waals surface area contributed by atoms with Gasteiger partial charge in [-0.3, -0.25) is 0 Å². The van der Waals surface area contributed by atoms with Gasteiger partial charge in [0.1, 0.15) is 5.65 Å². The Balaban J connectivity index is 2.44. The number of rotatable bonds is 3. The fraction of sp³-hybridized carbons (Fsp3) is 0.533. The van der Waals surface area contributed by atoms with Gasteiger partial charge in [0.15, 0.2) is 0 Å². The molecule has 0 aliphatic carbocycles. The second-order valence-corrected chi connectivity index (χ2v) is 5.95. The van der Waals surface area contributed by atoms with Gasteiger partial charge in [-0.2, -0.15) is 0 Å². The van der Waals surface area contributed by atoms with Crippen LogP contribution in [0.15, 0.2) is 24.5 Å². The molecule has 0 atom stereocenters. The topological polar surface area (TPSA) is 17.8 Å². The van der Waals surface area contributed by atoms with E-state index < -0.39 is 0 Å². The molecule has 2 heterocycles. The fourth-order valence-corrected chi connectivity index (χ4v) is 2.29. The number of nitrogens with zero attached hydrogens (tertiary/aromatic N) is 2. The standard InChI is InChI=1S/C15H22N2/c1-5-9-17-10-7-13-12(11-15(2,3)4)6-8-16-14(13)17/h6-8,10H,5,9,11H2,1-4H3. The van der Waals surface area contributed by atoms with Crippen LogP contribution >= 0.6 is 0 Å². The van der Waals surface area contributed by atoms with Crippen LogP contribution in [0.25, 0.3) is 11.0 Å². The first-order valence-electron chi connectivity index (χ1n) is 6.44. The molecule has 0 amide bonds. The second-order valence-electron chi connectivity index (χ2n) is 5.95. The van der Waals surface area contributed by atoms with E-state index in [1.165, 1.54) is 10.9 Å². The third kappa shape index (κ3) is 2.68. The first kappa shape index (κ1) is 12.2. The largest absolute Gasteiger partial charge is 0.333 e. The second kappa shape index (κ2) is 4.52. The smallest absolute Gasteiger partial charge is 0.140 e. The Labute approximate surface area is 104 Å². The zero-order valence-electron chi connectivity index (χ0n) is 11.3. The highest BCUT2D eigenvalue weighted by molar-refractivity contribution is 5.80. The summed E-state index contributed by atoms with van der Waals surface area (Å²) in [7, 11) is 0. The van der Waals surface area contributed by atoms with Crippen LogP contribution in [0.4, 0.5) is 0 Å². The van der Waals surface area contributed by atoms with E-state index in [9.17, 15) is 0 Å². The van der Waals surface area contributed by atoms with E-state index in [0.717, 1.165) is 25.0 Å². The van der Waals surface area contributed by atoms with Crippen LogP contribution in [-0.2, 0) is 13.0 Å². The summed E-state index contributed by atoms with van der Waals surface area (Å²) in [6.45, 7) is 10.1. The molecule has 2 aromatic heterocycles. The molecule has 2 aromatic rings. The van der Waals surface area contributed by atoms with Crippen molar-refractivity contribution in [1.29, 1.82) is 0 Å². The van der Waals surface area contributed by atoms with Crippen LogP contribution in [0.5, 0.6) is 0 Å². The number of hydrogen-bond acceptors (Lipinski definition) is 1. The van der Waals surface area contributed by atoms with Crippen LogP contribution in [0.3, 0.4) is 0 Å². The van der Waals surface area contributed by atoms with Gasteiger partial charge in [-0.05, 0) is 36.0 Å². The zero-order valence-corrected chi connectivity index (χ0v) is 11.3. The number of aryl methyl sites for hydroxylation is 1. The summed E-state index contributed by atoms with van der Waals surface area (Å²) in [5.74, 6) is 0. The van der Waals surface area contributed by atoms with Crippen molar-refractivity contribution in [2.24, 2.45) is 5.41 Å². The van der Waals surface area contributed by atoms with Crippen molar-refractivity contribution in [3.63, 3.8) is 0 Å². The Morgan fingerprint density at radius 3 is 2.65 bits per heavy atom. The average Bonchev–Trinajstić information content (AvgIpc) is 2.61. The molecule has 92 valence electrons. The van der Waals surface area contributed by atoms with Crippen LogP contribution in [0, 0.1) is 5.41 Å². The number of aromatic nitrogens is 2. The molecule has 17 heavy (non-hydrogen) atoms. The molecule has 0 saturated carbocycles. The number of fused-ring (bicyclic) bond motifs is 1. The van der Waals surface area contributed by atoms with Gasteiger partial charge >= 0.3 is 0 Å². The highest BCUT2D eigenvalue weighted by atomic mass is 15.0. The van der Waals surface area contributed by atoms with Crippen molar-refractivity contribution >= 4 is 11.0 Å². The van der Waals surface area contributed by atoms with Crippen LogP contribution in [0.2, 0.25) is 0 Å². The highest BCUT2D eigenvalue weighted by Gasteiger charge is 2.14. The molecule has 0 radical (unpaired) electrons. The minimum Gasteiger partial charge on any atom is -0.333 e. The van der Waals surface area contributed by atoms with E-state index in [1.807, 2.05) is 6.20 Å². The molecule has 0 fully saturated rings. The lowest BCUT2D eigenvalue weighted by molar-refractivity contribution is 0.412. The monoisotopic (exact) mass is 230 g/mol. The fourth-order valence-electron chi connectivity index (χ4n) is 2.29. The summed E-state index contributed by atoms with van der Waals surface area (Å²) >= 11 is 0. The molecular weight excluding hydrogens is 208 g/mol. The third-order valence-corrected chi connectivity index (χ3v) is 2.94. The summed E-state index contributed by atoms with van der Waals surface area (Å²) in [4.78, 5) is 4.51. The summed E-state index contributed by atoms with van der Waals surface area (Å²) in [5.41, 5.74) is 2.87. The van der Waals surface area contributed by atoms with Gasteiger partial charge in [0.2, 0.25) is 0 Å². The van der Waals surface area contributed by atoms with E-state index in [4.69, 9.17) is 0 Å². The maximum Gasteiger partial charge on any atom is 0.140 e. The van der Waals surface area contributed by atoms with Gasteiger partial charge < -0.3 is 4.57 Å². The Morgan fingerprint density at radius 1 is 1.24 bits per heavy atom. The molecule has 2 heteroatoms. The van der Waals surface area contributed by atoms with Crippen LogP contribution < -0.4 is 0 Å². The van der Waals surface area contributed by atoms with Gasteiger partial charge in [0, 0.05) is 24.3 Å². The highest BCUT2D eigenvalue weighted by Crippen LogP contribution is 2.26. The third-order valence-electron chi connectivity index (χ3n) is 2.94. The van der Waals surface area contributed by atoms with E-state index in [0.29, 0.717) is 5.41 Å². The Kier molecular flexibility index (Phi) is 3.23. The van der Waals surface area contributed by atoms with Crippen LogP contribution in [-0.4, -0.2) is 9.55 Å². The van der Waals surface area contributed by atoms with Crippen molar-refractivity contribution < 1.29 is 0 Å². The summed E-state index contributed by atoms with van der Waals surface area (Å²) in [6, 6.07) is 4.36. The minimum absolute atomic E-state index is 0.321. The van der Waals surface area contributed by atoms with Crippen molar-refractivity contribution in [3.8, 4) is 0 Å². The van der Waals surface area contributed by atoms with Crippen LogP contribution in [0.1, 0.15) is 39.7 Å². The van der Waals surface area contributed by atoms with Crippen molar-refractivity contribution in [1.82, 2.24) is 9.55 Å². The minimum atomic E-state index is 0.321. The van der Waals surface area contributed by atoms with Gasteiger partial charge in [-0.1, -0.05) is 27.7 Å². The molecule has 2 nitrogen and oxygen atoms in total. The normalized spacial score (nSPS) is 12.2. The molecule has 0 aliphatic heterocycles. The summed E-state index contributed by atoms with van der Waals surface area (Å²) in [5, 5.41) is 1.32. The first-order chi connectivity index (χ1) is 8.01. The molecule has 0 spiro atoms. The maximum absolute atomic E-state index is 4.51. The van der Waals surface area contributed by atoms with Gasteiger partial charge in [-0.15, -0.1) is 0 Å². The van der Waals surface area contributed by atoms with E-state index >= 15 is 0 Å². The molecule has 0 bridgehead atoms. The Bertz CT molecular complexity index is 503. The summed E-state index contributed by atoms with van der Waals surface area (Å²) in [6.07, 6.45) is 6.35. The maximum atomic E-state index is 4.51. The first-order valence-corrected chi connectivity index (χ1v) is 6.44. The average molecular weight is 230 g/mol. The number of hydrogen-bond donors (Lipinski definition) is 0. The lowest BCUT2D eigenvalue weighted by atomic mass is 9.87.